The van der Waals surface area contributed by atoms with Gasteiger partial charge in [0.2, 0.25) is 0 Å². The second-order valence-corrected chi connectivity index (χ2v) is 4.49. The number of esters is 1. The van der Waals surface area contributed by atoms with Gasteiger partial charge in [-0.05, 0) is 38.1 Å². The SMILES string of the molecule is C/C=C/C(=O)O[C@H](C)C(=O)Nc1ccc(Br)cc1. The van der Waals surface area contributed by atoms with Crippen molar-refractivity contribution in [2.75, 3.05) is 5.32 Å². The Balaban J connectivity index is 2.54. The highest BCUT2D eigenvalue weighted by Gasteiger charge is 2.16. The van der Waals surface area contributed by atoms with Gasteiger partial charge in [-0.2, -0.15) is 0 Å². The highest BCUT2D eigenvalue weighted by Crippen LogP contribution is 2.14. The molecule has 0 fully saturated rings. The predicted molar refractivity (Wildman–Crippen MR) is 73.1 cm³/mol. The third kappa shape index (κ3) is 4.71. The zero-order chi connectivity index (χ0) is 13.5. The molecule has 0 heterocycles. The van der Waals surface area contributed by atoms with Crippen molar-refractivity contribution in [3.63, 3.8) is 0 Å². The third-order valence-corrected chi connectivity index (χ3v) is 2.61. The number of hydrogen-bond acceptors (Lipinski definition) is 3. The molecule has 96 valence electrons. The van der Waals surface area contributed by atoms with Crippen molar-refractivity contribution in [2.24, 2.45) is 0 Å². The Bertz CT molecular complexity index is 454. The summed E-state index contributed by atoms with van der Waals surface area (Å²) in [5.41, 5.74) is 0.650. The van der Waals surface area contributed by atoms with Crippen LogP contribution in [-0.4, -0.2) is 18.0 Å². The van der Waals surface area contributed by atoms with Crippen LogP contribution in [0.5, 0.6) is 0 Å². The van der Waals surface area contributed by atoms with E-state index in [2.05, 4.69) is 21.2 Å². The molecular formula is C13H14BrNO3. The van der Waals surface area contributed by atoms with E-state index in [0.29, 0.717) is 5.69 Å². The molecule has 1 amide bonds. The van der Waals surface area contributed by atoms with Crippen LogP contribution in [0.4, 0.5) is 5.69 Å². The molecule has 0 saturated heterocycles. The van der Waals surface area contributed by atoms with Crippen LogP contribution in [-0.2, 0) is 14.3 Å². The van der Waals surface area contributed by atoms with E-state index in [1.807, 2.05) is 12.1 Å². The van der Waals surface area contributed by atoms with E-state index in [4.69, 9.17) is 4.74 Å². The minimum Gasteiger partial charge on any atom is -0.449 e. The number of halogens is 1. The lowest BCUT2D eigenvalue weighted by Crippen LogP contribution is -2.29. The Hall–Kier alpha value is -1.62. The van der Waals surface area contributed by atoms with Gasteiger partial charge in [-0.3, -0.25) is 4.79 Å². The molecule has 1 rings (SSSR count). The zero-order valence-corrected chi connectivity index (χ0v) is 11.7. The predicted octanol–water partition coefficient (Wildman–Crippen LogP) is 2.90. The molecule has 1 aromatic rings. The summed E-state index contributed by atoms with van der Waals surface area (Å²) in [5, 5.41) is 2.66. The van der Waals surface area contributed by atoms with Gasteiger partial charge >= 0.3 is 5.97 Å². The average Bonchev–Trinajstić information content (AvgIpc) is 2.32. The molecule has 5 heteroatoms. The van der Waals surface area contributed by atoms with Crippen LogP contribution in [0, 0.1) is 0 Å². The Morgan fingerprint density at radius 3 is 2.50 bits per heavy atom. The number of amides is 1. The lowest BCUT2D eigenvalue weighted by molar-refractivity contribution is -0.148. The van der Waals surface area contributed by atoms with Crippen LogP contribution in [0.25, 0.3) is 0 Å². The van der Waals surface area contributed by atoms with Gasteiger partial charge in [0.15, 0.2) is 6.10 Å². The maximum Gasteiger partial charge on any atom is 0.331 e. The molecule has 0 aliphatic heterocycles. The van der Waals surface area contributed by atoms with Gasteiger partial charge in [0.05, 0.1) is 0 Å². The molecule has 0 unspecified atom stereocenters. The fourth-order valence-electron chi connectivity index (χ4n) is 1.18. The van der Waals surface area contributed by atoms with Gasteiger partial charge in [-0.25, -0.2) is 4.79 Å². The van der Waals surface area contributed by atoms with E-state index in [-0.39, 0.29) is 5.91 Å². The lowest BCUT2D eigenvalue weighted by Gasteiger charge is -2.12. The van der Waals surface area contributed by atoms with Crippen LogP contribution in [0.1, 0.15) is 13.8 Å². The van der Waals surface area contributed by atoms with Gasteiger partial charge in [0.25, 0.3) is 5.91 Å². The van der Waals surface area contributed by atoms with Crippen molar-refractivity contribution in [3.8, 4) is 0 Å². The lowest BCUT2D eigenvalue weighted by atomic mass is 10.3. The van der Waals surface area contributed by atoms with E-state index in [1.54, 1.807) is 25.1 Å². The minimum atomic E-state index is -0.836. The van der Waals surface area contributed by atoms with Crippen molar-refractivity contribution in [2.45, 2.75) is 20.0 Å². The number of ether oxygens (including phenoxy) is 1. The number of carbonyl (C=O) groups is 2. The number of anilines is 1. The molecule has 0 aliphatic rings. The maximum absolute atomic E-state index is 11.7. The normalized spacial score (nSPS) is 12.2. The summed E-state index contributed by atoms with van der Waals surface area (Å²) in [6.07, 6.45) is 1.99. The standard InChI is InChI=1S/C13H14BrNO3/c1-3-4-12(16)18-9(2)13(17)15-11-7-5-10(14)6-8-11/h3-9H,1-2H3,(H,15,17)/b4-3+/t9-/m1/s1. The summed E-state index contributed by atoms with van der Waals surface area (Å²) < 4.78 is 5.83. The summed E-state index contributed by atoms with van der Waals surface area (Å²) >= 11 is 3.30. The van der Waals surface area contributed by atoms with Crippen molar-refractivity contribution in [1.82, 2.24) is 0 Å². The molecule has 1 atom stereocenters. The zero-order valence-electron chi connectivity index (χ0n) is 10.1. The van der Waals surface area contributed by atoms with Crippen LogP contribution in [0.2, 0.25) is 0 Å². The first kappa shape index (κ1) is 14.4. The molecule has 18 heavy (non-hydrogen) atoms. The summed E-state index contributed by atoms with van der Waals surface area (Å²) in [7, 11) is 0. The van der Waals surface area contributed by atoms with E-state index in [9.17, 15) is 9.59 Å². The molecule has 1 N–H and O–H groups in total. The summed E-state index contributed by atoms with van der Waals surface area (Å²) in [4.78, 5) is 22.9. The topological polar surface area (TPSA) is 55.4 Å². The van der Waals surface area contributed by atoms with Crippen LogP contribution >= 0.6 is 15.9 Å². The highest BCUT2D eigenvalue weighted by atomic mass is 79.9. The maximum atomic E-state index is 11.7. The number of benzene rings is 1. The van der Waals surface area contributed by atoms with E-state index >= 15 is 0 Å². The summed E-state index contributed by atoms with van der Waals surface area (Å²) in [6, 6.07) is 7.13. The minimum absolute atomic E-state index is 0.366. The first-order valence-corrected chi connectivity index (χ1v) is 6.22. The fraction of sp³-hybridized carbons (Fsp3) is 0.231. The summed E-state index contributed by atoms with van der Waals surface area (Å²) in [6.45, 7) is 3.23. The molecule has 0 saturated carbocycles. The molecular weight excluding hydrogens is 298 g/mol. The second kappa shape index (κ2) is 6.96. The van der Waals surface area contributed by atoms with Crippen molar-refractivity contribution < 1.29 is 14.3 Å². The van der Waals surface area contributed by atoms with Gasteiger partial charge in [0, 0.05) is 16.2 Å². The van der Waals surface area contributed by atoms with Gasteiger partial charge in [-0.15, -0.1) is 0 Å². The molecule has 0 bridgehead atoms. The van der Waals surface area contributed by atoms with Crippen LogP contribution < -0.4 is 5.32 Å². The number of hydrogen-bond donors (Lipinski definition) is 1. The monoisotopic (exact) mass is 311 g/mol. The molecule has 0 spiro atoms. The number of allylic oxidation sites excluding steroid dienone is 1. The van der Waals surface area contributed by atoms with Crippen molar-refractivity contribution in [1.29, 1.82) is 0 Å². The quantitative estimate of drug-likeness (QED) is 0.687. The van der Waals surface area contributed by atoms with Gasteiger partial charge in [0.1, 0.15) is 0 Å². The average molecular weight is 312 g/mol. The molecule has 4 nitrogen and oxygen atoms in total. The Labute approximate surface area is 114 Å². The Morgan fingerprint density at radius 2 is 1.94 bits per heavy atom. The fourth-order valence-corrected chi connectivity index (χ4v) is 1.44. The van der Waals surface area contributed by atoms with E-state index in [0.717, 1.165) is 4.47 Å². The molecule has 0 radical (unpaired) electrons. The van der Waals surface area contributed by atoms with Crippen LogP contribution in [0.15, 0.2) is 40.9 Å². The number of nitrogens with one attached hydrogen (secondary N) is 1. The summed E-state index contributed by atoms with van der Waals surface area (Å²) in [5.74, 6) is -0.897. The van der Waals surface area contributed by atoms with Crippen molar-refractivity contribution in [3.05, 3.63) is 40.9 Å². The highest BCUT2D eigenvalue weighted by molar-refractivity contribution is 9.10. The Morgan fingerprint density at radius 1 is 1.33 bits per heavy atom. The first-order valence-electron chi connectivity index (χ1n) is 5.42. The van der Waals surface area contributed by atoms with Crippen molar-refractivity contribution >= 4 is 33.5 Å². The van der Waals surface area contributed by atoms with Gasteiger partial charge < -0.3 is 10.1 Å². The number of carbonyl (C=O) groups excluding carboxylic acids is 2. The van der Waals surface area contributed by atoms with E-state index in [1.165, 1.54) is 13.0 Å². The molecule has 0 aromatic heterocycles. The largest absolute Gasteiger partial charge is 0.449 e. The second-order valence-electron chi connectivity index (χ2n) is 3.58. The van der Waals surface area contributed by atoms with E-state index < -0.39 is 12.1 Å². The third-order valence-electron chi connectivity index (χ3n) is 2.08. The van der Waals surface area contributed by atoms with Gasteiger partial charge in [-0.1, -0.05) is 22.0 Å². The smallest absolute Gasteiger partial charge is 0.331 e. The Kier molecular flexibility index (Phi) is 5.58. The van der Waals surface area contributed by atoms with Crippen LogP contribution in [0.3, 0.4) is 0 Å². The molecule has 1 aromatic carbocycles. The number of rotatable bonds is 4. The first-order chi connectivity index (χ1) is 8.52. The molecule has 0 aliphatic carbocycles.